The second-order valence-corrected chi connectivity index (χ2v) is 6.57. The third-order valence-corrected chi connectivity index (χ3v) is 4.96. The predicted octanol–water partition coefficient (Wildman–Crippen LogP) is 1.45. The number of carboxylic acids is 1. The smallest absolute Gasteiger partial charge is 0.303 e. The summed E-state index contributed by atoms with van der Waals surface area (Å²) in [5.74, 6) is -0.780. The molecule has 5 nitrogen and oxygen atoms in total. The SMILES string of the molecule is O=C(O)CCCCS(=O)(=O)N1CCCCCC1. The topological polar surface area (TPSA) is 74.7 Å². The van der Waals surface area contributed by atoms with Crippen LogP contribution in [0.25, 0.3) is 0 Å². The minimum Gasteiger partial charge on any atom is -0.481 e. The molecule has 1 saturated heterocycles. The minimum absolute atomic E-state index is 0.0511. The van der Waals surface area contributed by atoms with E-state index < -0.39 is 16.0 Å². The number of unbranched alkanes of at least 4 members (excludes halogenated alkanes) is 1. The molecule has 0 bridgehead atoms. The molecule has 0 spiro atoms. The molecule has 1 rings (SSSR count). The Bertz CT molecular complexity index is 331. The van der Waals surface area contributed by atoms with E-state index in [0.717, 1.165) is 25.7 Å². The summed E-state index contributed by atoms with van der Waals surface area (Å²) in [4.78, 5) is 10.3. The van der Waals surface area contributed by atoms with Crippen molar-refractivity contribution in [2.75, 3.05) is 18.8 Å². The summed E-state index contributed by atoms with van der Waals surface area (Å²) in [6.07, 6.45) is 5.00. The van der Waals surface area contributed by atoms with E-state index >= 15 is 0 Å². The first-order valence-corrected chi connectivity index (χ1v) is 7.83. The average molecular weight is 263 g/mol. The Hall–Kier alpha value is -0.620. The fourth-order valence-electron chi connectivity index (χ4n) is 2.01. The lowest BCUT2D eigenvalue weighted by atomic mass is 10.2. The Balaban J connectivity index is 2.35. The molecule has 1 aliphatic heterocycles. The normalized spacial score (nSPS) is 18.8. The van der Waals surface area contributed by atoms with E-state index in [1.54, 1.807) is 4.31 Å². The van der Waals surface area contributed by atoms with Crippen molar-refractivity contribution in [2.45, 2.75) is 44.9 Å². The minimum atomic E-state index is -3.16. The standard InChI is InChI=1S/C11H21NO4S/c13-11(14)7-3-6-10-17(15,16)12-8-4-1-2-5-9-12/h1-10H2,(H,13,14). The van der Waals surface area contributed by atoms with Gasteiger partial charge >= 0.3 is 5.97 Å². The van der Waals surface area contributed by atoms with Gasteiger partial charge in [0.15, 0.2) is 0 Å². The van der Waals surface area contributed by atoms with Crippen LogP contribution in [0.3, 0.4) is 0 Å². The molecule has 0 aromatic rings. The summed E-state index contributed by atoms with van der Waals surface area (Å²) in [6, 6.07) is 0. The molecular formula is C11H21NO4S. The summed E-state index contributed by atoms with van der Waals surface area (Å²) in [5, 5.41) is 8.47. The third kappa shape index (κ3) is 5.50. The van der Waals surface area contributed by atoms with E-state index in [9.17, 15) is 13.2 Å². The van der Waals surface area contributed by atoms with Crippen LogP contribution in [0.5, 0.6) is 0 Å². The predicted molar refractivity (Wildman–Crippen MR) is 65.3 cm³/mol. The number of rotatable bonds is 6. The molecule has 0 aromatic carbocycles. The van der Waals surface area contributed by atoms with Crippen LogP contribution in [0.4, 0.5) is 0 Å². The number of sulfonamides is 1. The van der Waals surface area contributed by atoms with Crippen molar-refractivity contribution in [3.8, 4) is 0 Å². The average Bonchev–Trinajstić information content (AvgIpc) is 2.53. The number of carbonyl (C=O) groups is 1. The maximum Gasteiger partial charge on any atom is 0.303 e. The van der Waals surface area contributed by atoms with Crippen LogP contribution in [0.1, 0.15) is 44.9 Å². The maximum absolute atomic E-state index is 12.0. The summed E-state index contributed by atoms with van der Waals surface area (Å²) >= 11 is 0. The number of aliphatic carboxylic acids is 1. The molecule has 0 aliphatic carbocycles. The van der Waals surface area contributed by atoms with Crippen molar-refractivity contribution in [1.82, 2.24) is 4.31 Å². The van der Waals surface area contributed by atoms with Crippen molar-refractivity contribution >= 4 is 16.0 Å². The van der Waals surface area contributed by atoms with E-state index in [-0.39, 0.29) is 12.2 Å². The Kier molecular flexibility index (Phi) is 5.91. The highest BCUT2D eigenvalue weighted by atomic mass is 32.2. The van der Waals surface area contributed by atoms with Gasteiger partial charge in [-0.15, -0.1) is 0 Å². The van der Waals surface area contributed by atoms with Crippen LogP contribution in [0.2, 0.25) is 0 Å². The highest BCUT2D eigenvalue weighted by molar-refractivity contribution is 7.89. The van der Waals surface area contributed by atoms with Gasteiger partial charge in [0.05, 0.1) is 5.75 Å². The van der Waals surface area contributed by atoms with E-state index in [4.69, 9.17) is 5.11 Å². The van der Waals surface area contributed by atoms with E-state index in [2.05, 4.69) is 0 Å². The van der Waals surface area contributed by atoms with Crippen LogP contribution in [0.15, 0.2) is 0 Å². The Morgan fingerprint density at radius 3 is 2.18 bits per heavy atom. The Labute approximate surface area is 103 Å². The molecule has 6 heteroatoms. The highest BCUT2D eigenvalue weighted by Gasteiger charge is 2.22. The van der Waals surface area contributed by atoms with Crippen molar-refractivity contribution in [3.63, 3.8) is 0 Å². The largest absolute Gasteiger partial charge is 0.481 e. The van der Waals surface area contributed by atoms with Gasteiger partial charge in [0.2, 0.25) is 10.0 Å². The van der Waals surface area contributed by atoms with Crippen LogP contribution in [-0.4, -0.2) is 42.6 Å². The second-order valence-electron chi connectivity index (χ2n) is 4.48. The van der Waals surface area contributed by atoms with Crippen molar-refractivity contribution in [1.29, 1.82) is 0 Å². The highest BCUT2D eigenvalue weighted by Crippen LogP contribution is 2.14. The monoisotopic (exact) mass is 263 g/mol. The van der Waals surface area contributed by atoms with Gasteiger partial charge in [-0.3, -0.25) is 4.79 Å². The zero-order chi connectivity index (χ0) is 12.7. The fourth-order valence-corrected chi connectivity index (χ4v) is 3.65. The lowest BCUT2D eigenvalue weighted by Gasteiger charge is -2.19. The summed E-state index contributed by atoms with van der Waals surface area (Å²) in [6.45, 7) is 1.25. The van der Waals surface area contributed by atoms with Gasteiger partial charge in [-0.2, -0.15) is 0 Å². The molecule has 100 valence electrons. The zero-order valence-corrected chi connectivity index (χ0v) is 10.9. The van der Waals surface area contributed by atoms with Gasteiger partial charge in [0.25, 0.3) is 0 Å². The quantitative estimate of drug-likeness (QED) is 0.736. The number of nitrogens with zero attached hydrogens (tertiary/aromatic N) is 1. The van der Waals surface area contributed by atoms with Crippen molar-refractivity contribution in [2.24, 2.45) is 0 Å². The molecule has 1 heterocycles. The molecule has 0 amide bonds. The molecule has 1 aliphatic rings. The molecule has 0 unspecified atom stereocenters. The summed E-state index contributed by atoms with van der Waals surface area (Å²) < 4.78 is 25.5. The van der Waals surface area contributed by atoms with Crippen LogP contribution in [0, 0.1) is 0 Å². The second kappa shape index (κ2) is 6.96. The van der Waals surface area contributed by atoms with Crippen LogP contribution in [-0.2, 0) is 14.8 Å². The van der Waals surface area contributed by atoms with Gasteiger partial charge in [-0.1, -0.05) is 12.8 Å². The van der Waals surface area contributed by atoms with E-state index in [1.165, 1.54) is 0 Å². The first-order chi connectivity index (χ1) is 8.02. The molecule has 0 radical (unpaired) electrons. The molecular weight excluding hydrogens is 242 g/mol. The van der Waals surface area contributed by atoms with Gasteiger partial charge in [0, 0.05) is 19.5 Å². The van der Waals surface area contributed by atoms with Crippen molar-refractivity contribution < 1.29 is 18.3 Å². The van der Waals surface area contributed by atoms with E-state index in [1.807, 2.05) is 0 Å². The Morgan fingerprint density at radius 2 is 1.65 bits per heavy atom. The fraction of sp³-hybridized carbons (Fsp3) is 0.909. The molecule has 0 saturated carbocycles. The summed E-state index contributed by atoms with van der Waals surface area (Å²) in [7, 11) is -3.16. The maximum atomic E-state index is 12.0. The van der Waals surface area contributed by atoms with Gasteiger partial charge in [-0.05, 0) is 25.7 Å². The molecule has 17 heavy (non-hydrogen) atoms. The van der Waals surface area contributed by atoms with Gasteiger partial charge < -0.3 is 5.11 Å². The van der Waals surface area contributed by atoms with Crippen LogP contribution < -0.4 is 0 Å². The van der Waals surface area contributed by atoms with Gasteiger partial charge in [-0.25, -0.2) is 12.7 Å². The number of hydrogen-bond acceptors (Lipinski definition) is 3. The molecule has 1 fully saturated rings. The third-order valence-electron chi connectivity index (χ3n) is 3.00. The van der Waals surface area contributed by atoms with E-state index in [0.29, 0.717) is 25.9 Å². The first kappa shape index (κ1) is 14.4. The summed E-state index contributed by atoms with van der Waals surface area (Å²) in [5.41, 5.74) is 0. The molecule has 0 aromatic heterocycles. The molecule has 1 N–H and O–H groups in total. The lowest BCUT2D eigenvalue weighted by molar-refractivity contribution is -0.137. The molecule has 0 atom stereocenters. The van der Waals surface area contributed by atoms with Crippen molar-refractivity contribution in [3.05, 3.63) is 0 Å². The van der Waals surface area contributed by atoms with Gasteiger partial charge in [0.1, 0.15) is 0 Å². The Morgan fingerprint density at radius 1 is 1.06 bits per heavy atom. The first-order valence-electron chi connectivity index (χ1n) is 6.22. The van der Waals surface area contributed by atoms with Crippen LogP contribution >= 0.6 is 0 Å². The number of hydrogen-bond donors (Lipinski definition) is 1. The zero-order valence-electron chi connectivity index (χ0n) is 10.1. The number of carboxylic acid groups (broad SMARTS) is 1. The lowest BCUT2D eigenvalue weighted by Crippen LogP contribution is -2.33.